The van der Waals surface area contributed by atoms with Crippen LogP contribution in [0.5, 0.6) is 0 Å². The van der Waals surface area contributed by atoms with Gasteiger partial charge in [-0.1, -0.05) is 18.2 Å². The zero-order chi connectivity index (χ0) is 13.9. The van der Waals surface area contributed by atoms with Gasteiger partial charge in [-0.2, -0.15) is 0 Å². The van der Waals surface area contributed by atoms with Crippen LogP contribution >= 0.6 is 11.8 Å². The maximum atomic E-state index is 4.54. The smallest absolute Gasteiger partial charge is 0.224 e. The van der Waals surface area contributed by atoms with Crippen molar-refractivity contribution in [3.05, 3.63) is 30.1 Å². The van der Waals surface area contributed by atoms with E-state index in [0.717, 1.165) is 28.3 Å². The Balaban J connectivity index is 2.06. The number of aromatic nitrogens is 5. The number of aromatic amines is 1. The lowest BCUT2D eigenvalue weighted by molar-refractivity contribution is 0.963. The molecule has 0 amide bonds. The second-order valence-electron chi connectivity index (χ2n) is 4.21. The van der Waals surface area contributed by atoms with Gasteiger partial charge in [0.1, 0.15) is 10.9 Å². The summed E-state index contributed by atoms with van der Waals surface area (Å²) in [7, 11) is 0. The summed E-state index contributed by atoms with van der Waals surface area (Å²) in [6.45, 7) is 4.67. The fourth-order valence-electron chi connectivity index (χ4n) is 1.82. The lowest BCUT2D eigenvalue weighted by atomic mass is 10.2. The first-order valence-corrected chi connectivity index (χ1v) is 7.15. The molecule has 0 radical (unpaired) electrons. The number of anilines is 1. The summed E-state index contributed by atoms with van der Waals surface area (Å²) in [4.78, 5) is 13.3. The van der Waals surface area contributed by atoms with Gasteiger partial charge >= 0.3 is 0 Å². The van der Waals surface area contributed by atoms with E-state index in [4.69, 9.17) is 0 Å². The fourth-order valence-corrected chi connectivity index (χ4v) is 2.68. The molecule has 3 rings (SSSR count). The van der Waals surface area contributed by atoms with Gasteiger partial charge in [-0.05, 0) is 31.7 Å². The van der Waals surface area contributed by atoms with E-state index in [1.165, 1.54) is 11.8 Å². The molecule has 0 spiro atoms. The molecule has 0 saturated carbocycles. The molecule has 0 fully saturated rings. The van der Waals surface area contributed by atoms with E-state index in [9.17, 15) is 0 Å². The summed E-state index contributed by atoms with van der Waals surface area (Å²) in [6.07, 6.45) is 0. The quantitative estimate of drug-likeness (QED) is 0.718. The molecule has 6 nitrogen and oxygen atoms in total. The predicted molar refractivity (Wildman–Crippen MR) is 78.9 cm³/mol. The van der Waals surface area contributed by atoms with Gasteiger partial charge in [0.2, 0.25) is 11.1 Å². The minimum absolute atomic E-state index is 0.626. The van der Waals surface area contributed by atoms with E-state index < -0.39 is 0 Å². The minimum Gasteiger partial charge on any atom is -0.354 e. The van der Waals surface area contributed by atoms with Crippen LogP contribution in [0.15, 0.2) is 34.4 Å². The van der Waals surface area contributed by atoms with E-state index in [1.54, 1.807) is 0 Å². The molecule has 0 aliphatic rings. The predicted octanol–water partition coefficient (Wildman–Crippen LogP) is 2.64. The summed E-state index contributed by atoms with van der Waals surface area (Å²) in [5.74, 6) is 1.42. The molecule has 3 aromatic rings. The molecule has 0 atom stereocenters. The number of nitrogens with zero attached hydrogens (tertiary/aromatic N) is 4. The third kappa shape index (κ3) is 2.57. The van der Waals surface area contributed by atoms with Crippen molar-refractivity contribution in [1.29, 1.82) is 0 Å². The van der Waals surface area contributed by atoms with Gasteiger partial charge in [0.05, 0.1) is 5.52 Å². The molecule has 0 aliphatic carbocycles. The van der Waals surface area contributed by atoms with Crippen LogP contribution in [0.4, 0.5) is 5.95 Å². The summed E-state index contributed by atoms with van der Waals surface area (Å²) in [5.41, 5.74) is 0.910. The molecule has 1 aromatic carbocycles. The average Bonchev–Trinajstić information content (AvgIpc) is 2.85. The number of aryl methyl sites for hydroxylation is 1. The van der Waals surface area contributed by atoms with E-state index in [2.05, 4.69) is 30.5 Å². The highest BCUT2D eigenvalue weighted by Gasteiger charge is 2.11. The normalized spacial score (nSPS) is 10.9. The number of rotatable bonds is 4. The Morgan fingerprint density at radius 1 is 1.20 bits per heavy atom. The molecule has 7 heteroatoms. The molecule has 0 saturated heterocycles. The number of H-pyrrole nitrogens is 1. The van der Waals surface area contributed by atoms with Gasteiger partial charge in [-0.25, -0.2) is 15.0 Å². The van der Waals surface area contributed by atoms with Crippen LogP contribution in [0.25, 0.3) is 10.9 Å². The lowest BCUT2D eigenvalue weighted by Crippen LogP contribution is -2.03. The van der Waals surface area contributed by atoms with Crippen molar-refractivity contribution in [3.63, 3.8) is 0 Å². The van der Waals surface area contributed by atoms with Crippen molar-refractivity contribution in [2.24, 2.45) is 0 Å². The van der Waals surface area contributed by atoms with Crippen molar-refractivity contribution in [2.45, 2.75) is 24.0 Å². The monoisotopic (exact) mass is 286 g/mol. The van der Waals surface area contributed by atoms with Crippen LogP contribution < -0.4 is 5.32 Å². The number of para-hydroxylation sites is 1. The highest BCUT2D eigenvalue weighted by atomic mass is 32.2. The molecule has 102 valence electrons. The van der Waals surface area contributed by atoms with Crippen LogP contribution in [0.3, 0.4) is 0 Å². The maximum absolute atomic E-state index is 4.54. The van der Waals surface area contributed by atoms with E-state index in [1.807, 2.05) is 38.1 Å². The Morgan fingerprint density at radius 3 is 2.80 bits per heavy atom. The van der Waals surface area contributed by atoms with Gasteiger partial charge in [0.15, 0.2) is 0 Å². The van der Waals surface area contributed by atoms with E-state index in [-0.39, 0.29) is 0 Å². The molecule has 0 bridgehead atoms. The van der Waals surface area contributed by atoms with Crippen molar-refractivity contribution in [1.82, 2.24) is 25.1 Å². The number of hydrogen-bond donors (Lipinski definition) is 2. The highest BCUT2D eigenvalue weighted by molar-refractivity contribution is 7.99. The second-order valence-corrected chi connectivity index (χ2v) is 5.16. The van der Waals surface area contributed by atoms with Gasteiger partial charge in [0, 0.05) is 11.9 Å². The molecular formula is C13H14N6S. The van der Waals surface area contributed by atoms with Crippen LogP contribution in [0.2, 0.25) is 0 Å². The average molecular weight is 286 g/mol. The third-order valence-corrected chi connectivity index (χ3v) is 3.54. The molecular weight excluding hydrogens is 272 g/mol. The first-order valence-electron chi connectivity index (χ1n) is 6.34. The van der Waals surface area contributed by atoms with Crippen molar-refractivity contribution < 1.29 is 0 Å². The van der Waals surface area contributed by atoms with Gasteiger partial charge in [0.25, 0.3) is 0 Å². The molecule has 0 unspecified atom stereocenters. The number of fused-ring (bicyclic) bond motifs is 1. The largest absolute Gasteiger partial charge is 0.354 e. The minimum atomic E-state index is 0.626. The van der Waals surface area contributed by atoms with Gasteiger partial charge in [-0.3, -0.25) is 5.10 Å². The van der Waals surface area contributed by atoms with Crippen molar-refractivity contribution >= 4 is 28.6 Å². The second kappa shape index (κ2) is 5.46. The summed E-state index contributed by atoms with van der Waals surface area (Å²) < 4.78 is 0. The molecule has 2 N–H and O–H groups in total. The first kappa shape index (κ1) is 12.9. The van der Waals surface area contributed by atoms with Crippen LogP contribution in [-0.4, -0.2) is 31.7 Å². The zero-order valence-corrected chi connectivity index (χ0v) is 12.0. The standard InChI is InChI=1S/C13H14N6S/c1-3-14-12-16-10-7-5-4-6-9(10)11(17-12)20-13-15-8(2)18-19-13/h4-7H,3H2,1-2H3,(H,14,16,17)(H,15,18,19). The Bertz CT molecular complexity index is 739. The SMILES string of the molecule is CCNc1nc(Sc2n[nH]c(C)n2)c2ccccc2n1. The summed E-state index contributed by atoms with van der Waals surface area (Å²) in [5, 5.41) is 12.6. The fraction of sp³-hybridized carbons (Fsp3) is 0.231. The number of hydrogen-bond acceptors (Lipinski definition) is 6. The third-order valence-electron chi connectivity index (χ3n) is 2.67. The van der Waals surface area contributed by atoms with E-state index >= 15 is 0 Å². The van der Waals surface area contributed by atoms with Gasteiger partial charge in [-0.15, -0.1) is 5.10 Å². The number of nitrogens with one attached hydrogen (secondary N) is 2. The Hall–Kier alpha value is -2.15. The van der Waals surface area contributed by atoms with Gasteiger partial charge < -0.3 is 5.32 Å². The summed E-state index contributed by atoms with van der Waals surface area (Å²) >= 11 is 1.43. The maximum Gasteiger partial charge on any atom is 0.224 e. The molecule has 0 aliphatic heterocycles. The highest BCUT2D eigenvalue weighted by Crippen LogP contribution is 2.30. The van der Waals surface area contributed by atoms with E-state index in [0.29, 0.717) is 11.1 Å². The van der Waals surface area contributed by atoms with Crippen LogP contribution in [-0.2, 0) is 0 Å². The summed E-state index contributed by atoms with van der Waals surface area (Å²) in [6, 6.07) is 7.93. The zero-order valence-electron chi connectivity index (χ0n) is 11.2. The Kier molecular flexibility index (Phi) is 3.51. The van der Waals surface area contributed by atoms with Crippen molar-refractivity contribution in [2.75, 3.05) is 11.9 Å². The molecule has 20 heavy (non-hydrogen) atoms. The van der Waals surface area contributed by atoms with Crippen LogP contribution in [0.1, 0.15) is 12.7 Å². The Labute approximate surface area is 120 Å². The number of benzene rings is 1. The lowest BCUT2D eigenvalue weighted by Gasteiger charge is -2.07. The van der Waals surface area contributed by atoms with Crippen LogP contribution in [0, 0.1) is 6.92 Å². The Morgan fingerprint density at radius 2 is 2.05 bits per heavy atom. The topological polar surface area (TPSA) is 79.4 Å². The molecule has 2 aromatic heterocycles. The molecule has 2 heterocycles. The van der Waals surface area contributed by atoms with Crippen molar-refractivity contribution in [3.8, 4) is 0 Å². The first-order chi connectivity index (χ1) is 9.76.